The molecule has 1 amide bonds. The van der Waals surface area contributed by atoms with Gasteiger partial charge in [-0.25, -0.2) is 5.43 Å². The molecular weight excluding hydrogens is 384 g/mol. The minimum Gasteiger partial charge on any atom is -0.493 e. The van der Waals surface area contributed by atoms with Crippen LogP contribution in [0.1, 0.15) is 27.7 Å². The molecule has 0 aliphatic rings. The molecule has 0 bridgehead atoms. The highest BCUT2D eigenvalue weighted by Gasteiger charge is 2.16. The standard InChI is InChI=1S/C20H19ClN2O3S/c1-4-26-15-8-6-13(10-16(15)25-3)11-22-23-20(24)19-18(21)14-7-5-12(2)9-17(14)27-19/h5-11H,4H2,1-3H3,(H,23,24). The smallest absolute Gasteiger partial charge is 0.283 e. The summed E-state index contributed by atoms with van der Waals surface area (Å²) in [5.74, 6) is 0.927. The topological polar surface area (TPSA) is 59.9 Å². The van der Waals surface area contributed by atoms with Gasteiger partial charge in [-0.1, -0.05) is 23.7 Å². The van der Waals surface area contributed by atoms with Gasteiger partial charge in [-0.15, -0.1) is 11.3 Å². The van der Waals surface area contributed by atoms with Crippen LogP contribution in [0, 0.1) is 6.92 Å². The molecule has 7 heteroatoms. The van der Waals surface area contributed by atoms with Crippen LogP contribution in [0.3, 0.4) is 0 Å². The van der Waals surface area contributed by atoms with Gasteiger partial charge < -0.3 is 9.47 Å². The number of carbonyl (C=O) groups is 1. The van der Waals surface area contributed by atoms with Crippen molar-refractivity contribution in [2.24, 2.45) is 5.10 Å². The van der Waals surface area contributed by atoms with E-state index in [2.05, 4.69) is 10.5 Å². The van der Waals surface area contributed by atoms with E-state index < -0.39 is 0 Å². The molecule has 0 spiro atoms. The van der Waals surface area contributed by atoms with Crippen molar-refractivity contribution >= 4 is 45.1 Å². The van der Waals surface area contributed by atoms with Crippen molar-refractivity contribution in [1.82, 2.24) is 5.43 Å². The zero-order valence-electron chi connectivity index (χ0n) is 15.2. The number of carbonyl (C=O) groups excluding carboxylic acids is 1. The molecule has 3 aromatic rings. The summed E-state index contributed by atoms with van der Waals surface area (Å²) < 4.78 is 11.8. The van der Waals surface area contributed by atoms with Gasteiger partial charge in [0, 0.05) is 10.1 Å². The van der Waals surface area contributed by atoms with E-state index in [1.54, 1.807) is 25.5 Å². The zero-order chi connectivity index (χ0) is 19.4. The quantitative estimate of drug-likeness (QED) is 0.464. The lowest BCUT2D eigenvalue weighted by molar-refractivity contribution is 0.0959. The fourth-order valence-corrected chi connectivity index (χ4v) is 4.08. The fraction of sp³-hybridized carbons (Fsp3) is 0.200. The summed E-state index contributed by atoms with van der Waals surface area (Å²) in [5, 5.41) is 5.35. The zero-order valence-corrected chi connectivity index (χ0v) is 16.8. The summed E-state index contributed by atoms with van der Waals surface area (Å²) in [4.78, 5) is 12.9. The van der Waals surface area contributed by atoms with Crippen molar-refractivity contribution in [3.8, 4) is 11.5 Å². The third-order valence-electron chi connectivity index (χ3n) is 3.86. The van der Waals surface area contributed by atoms with E-state index in [4.69, 9.17) is 21.1 Å². The van der Waals surface area contributed by atoms with Crippen LogP contribution in [0.15, 0.2) is 41.5 Å². The number of hydrazone groups is 1. The molecule has 0 aliphatic carbocycles. The molecule has 1 heterocycles. The molecule has 0 radical (unpaired) electrons. The normalized spacial score (nSPS) is 11.1. The van der Waals surface area contributed by atoms with E-state index in [1.807, 2.05) is 38.1 Å². The molecule has 5 nitrogen and oxygen atoms in total. The van der Waals surface area contributed by atoms with Gasteiger partial charge in [-0.2, -0.15) is 5.10 Å². The SMILES string of the molecule is CCOc1ccc(C=NNC(=O)c2sc3cc(C)ccc3c2Cl)cc1OC. The first kappa shape index (κ1) is 19.2. The summed E-state index contributed by atoms with van der Waals surface area (Å²) in [6.07, 6.45) is 1.54. The van der Waals surface area contributed by atoms with Gasteiger partial charge in [0.2, 0.25) is 0 Å². The molecule has 0 saturated heterocycles. The van der Waals surface area contributed by atoms with Crippen LogP contribution in [0.5, 0.6) is 11.5 Å². The van der Waals surface area contributed by atoms with E-state index in [1.165, 1.54) is 11.3 Å². The lowest BCUT2D eigenvalue weighted by atomic mass is 10.2. The average molecular weight is 403 g/mol. The van der Waals surface area contributed by atoms with Gasteiger partial charge in [0.05, 0.1) is 25.0 Å². The number of methoxy groups -OCH3 is 1. The van der Waals surface area contributed by atoms with Gasteiger partial charge in [0.25, 0.3) is 5.91 Å². The Morgan fingerprint density at radius 1 is 1.26 bits per heavy atom. The van der Waals surface area contributed by atoms with Crippen molar-refractivity contribution in [3.63, 3.8) is 0 Å². The van der Waals surface area contributed by atoms with E-state index in [-0.39, 0.29) is 5.91 Å². The number of amides is 1. The predicted molar refractivity (Wildman–Crippen MR) is 111 cm³/mol. The molecule has 0 aliphatic heterocycles. The van der Waals surface area contributed by atoms with Crippen molar-refractivity contribution in [2.45, 2.75) is 13.8 Å². The first-order valence-corrected chi connectivity index (χ1v) is 9.55. The molecule has 3 rings (SSSR count). The summed E-state index contributed by atoms with van der Waals surface area (Å²) in [6, 6.07) is 11.3. The number of hydrogen-bond acceptors (Lipinski definition) is 5. The molecule has 27 heavy (non-hydrogen) atoms. The molecule has 1 aromatic heterocycles. The van der Waals surface area contributed by atoms with Crippen molar-refractivity contribution in [2.75, 3.05) is 13.7 Å². The number of fused-ring (bicyclic) bond motifs is 1. The van der Waals surface area contributed by atoms with Gasteiger partial charge in [-0.3, -0.25) is 4.79 Å². The number of rotatable bonds is 6. The van der Waals surface area contributed by atoms with Crippen LogP contribution >= 0.6 is 22.9 Å². The molecule has 2 aromatic carbocycles. The number of aryl methyl sites for hydroxylation is 1. The largest absolute Gasteiger partial charge is 0.493 e. The maximum absolute atomic E-state index is 12.4. The lowest BCUT2D eigenvalue weighted by Gasteiger charge is -2.09. The van der Waals surface area contributed by atoms with Crippen LogP contribution in [-0.4, -0.2) is 25.8 Å². The molecule has 0 atom stereocenters. The lowest BCUT2D eigenvalue weighted by Crippen LogP contribution is -2.16. The van der Waals surface area contributed by atoms with Gasteiger partial charge >= 0.3 is 0 Å². The second-order valence-electron chi connectivity index (χ2n) is 5.79. The first-order chi connectivity index (χ1) is 13.0. The molecule has 0 saturated carbocycles. The van der Waals surface area contributed by atoms with Crippen LogP contribution < -0.4 is 14.9 Å². The Hall–Kier alpha value is -2.57. The maximum Gasteiger partial charge on any atom is 0.283 e. The Kier molecular flexibility index (Phi) is 5.98. The number of benzene rings is 2. The Bertz CT molecular complexity index is 1010. The summed E-state index contributed by atoms with van der Waals surface area (Å²) in [7, 11) is 1.58. The number of nitrogens with zero attached hydrogens (tertiary/aromatic N) is 1. The second kappa shape index (κ2) is 8.41. The summed E-state index contributed by atoms with van der Waals surface area (Å²) in [6.45, 7) is 4.46. The highest BCUT2D eigenvalue weighted by molar-refractivity contribution is 7.21. The van der Waals surface area contributed by atoms with E-state index in [0.717, 1.165) is 21.2 Å². The molecule has 0 fully saturated rings. The van der Waals surface area contributed by atoms with Crippen LogP contribution in [0.2, 0.25) is 5.02 Å². The number of halogens is 1. The average Bonchev–Trinajstić information content (AvgIpc) is 2.98. The van der Waals surface area contributed by atoms with Crippen molar-refractivity contribution < 1.29 is 14.3 Å². The molecular formula is C20H19ClN2O3S. The number of hydrogen-bond donors (Lipinski definition) is 1. The molecule has 1 N–H and O–H groups in total. The first-order valence-electron chi connectivity index (χ1n) is 8.36. The fourth-order valence-electron chi connectivity index (χ4n) is 2.57. The minimum atomic E-state index is -0.340. The third kappa shape index (κ3) is 4.23. The Morgan fingerprint density at radius 2 is 2.07 bits per heavy atom. The van der Waals surface area contributed by atoms with Crippen molar-refractivity contribution in [3.05, 3.63) is 57.4 Å². The van der Waals surface area contributed by atoms with Crippen LogP contribution in [0.25, 0.3) is 10.1 Å². The van der Waals surface area contributed by atoms with Crippen LogP contribution in [-0.2, 0) is 0 Å². The predicted octanol–water partition coefficient (Wildman–Crippen LogP) is 5.03. The minimum absolute atomic E-state index is 0.340. The summed E-state index contributed by atoms with van der Waals surface area (Å²) >= 11 is 7.71. The highest BCUT2D eigenvalue weighted by atomic mass is 35.5. The van der Waals surface area contributed by atoms with Gasteiger partial charge in [0.1, 0.15) is 4.88 Å². The van der Waals surface area contributed by atoms with Crippen molar-refractivity contribution in [1.29, 1.82) is 0 Å². The number of nitrogens with one attached hydrogen (secondary N) is 1. The summed E-state index contributed by atoms with van der Waals surface area (Å²) in [5.41, 5.74) is 4.42. The third-order valence-corrected chi connectivity index (χ3v) is 5.51. The molecule has 0 unspecified atom stereocenters. The Balaban J connectivity index is 1.75. The van der Waals surface area contributed by atoms with Gasteiger partial charge in [0.15, 0.2) is 11.5 Å². The van der Waals surface area contributed by atoms with E-state index in [9.17, 15) is 4.79 Å². The van der Waals surface area contributed by atoms with Crippen LogP contribution in [0.4, 0.5) is 0 Å². The molecule has 140 valence electrons. The maximum atomic E-state index is 12.4. The van der Waals surface area contributed by atoms with E-state index in [0.29, 0.717) is 28.0 Å². The monoisotopic (exact) mass is 402 g/mol. The number of ether oxygens (including phenoxy) is 2. The Labute approximate surface area is 166 Å². The van der Waals surface area contributed by atoms with E-state index >= 15 is 0 Å². The van der Waals surface area contributed by atoms with Gasteiger partial charge in [-0.05, 0) is 49.2 Å². The Morgan fingerprint density at radius 3 is 2.81 bits per heavy atom. The number of thiophene rings is 1. The highest BCUT2D eigenvalue weighted by Crippen LogP contribution is 2.35. The second-order valence-corrected chi connectivity index (χ2v) is 7.22.